The lowest BCUT2D eigenvalue weighted by Crippen LogP contribution is -2.33. The third kappa shape index (κ3) is 9.79. The van der Waals surface area contributed by atoms with Crippen LogP contribution in [0.1, 0.15) is 27.2 Å². The summed E-state index contributed by atoms with van der Waals surface area (Å²) >= 11 is 0. The van der Waals surface area contributed by atoms with Gasteiger partial charge in [0.1, 0.15) is 0 Å². The maximum atomic E-state index is 10.7. The smallest absolute Gasteiger partial charge is 0.208 e. The van der Waals surface area contributed by atoms with Crippen LogP contribution in [0.25, 0.3) is 0 Å². The lowest BCUT2D eigenvalue weighted by Gasteiger charge is -2.22. The van der Waals surface area contributed by atoms with Gasteiger partial charge in [-0.25, -0.2) is 13.1 Å². The van der Waals surface area contributed by atoms with Crippen molar-refractivity contribution in [3.05, 3.63) is 0 Å². The van der Waals surface area contributed by atoms with Crippen LogP contribution >= 0.6 is 0 Å². The number of aliphatic hydroxyl groups excluding tert-OH is 1. The Morgan fingerprint density at radius 2 is 1.85 bits per heavy atom. The molecular formula is C8H19NO3S. The highest BCUT2D eigenvalue weighted by atomic mass is 32.2. The van der Waals surface area contributed by atoms with Crippen LogP contribution < -0.4 is 4.72 Å². The van der Waals surface area contributed by atoms with Gasteiger partial charge in [0.25, 0.3) is 0 Å². The fourth-order valence-corrected chi connectivity index (χ4v) is 1.52. The van der Waals surface area contributed by atoms with Crippen LogP contribution in [-0.4, -0.2) is 32.4 Å². The van der Waals surface area contributed by atoms with Crippen molar-refractivity contribution in [3.8, 4) is 0 Å². The number of sulfonamides is 1. The third-order valence-electron chi connectivity index (χ3n) is 1.43. The van der Waals surface area contributed by atoms with Gasteiger partial charge in [0.2, 0.25) is 10.0 Å². The standard InChI is InChI=1S/C8H19NO3S/c1-8(2,3)5-7(10)6-9-13(4,11)12/h7,9-10H,5-6H2,1-4H3/t7-/m1/s1. The second-order valence-electron chi connectivity index (χ2n) is 4.54. The number of hydrogen-bond donors (Lipinski definition) is 2. The lowest BCUT2D eigenvalue weighted by molar-refractivity contribution is 0.125. The van der Waals surface area contributed by atoms with Crippen LogP contribution in [-0.2, 0) is 10.0 Å². The van der Waals surface area contributed by atoms with E-state index < -0.39 is 16.1 Å². The fourth-order valence-electron chi connectivity index (χ4n) is 1.03. The van der Waals surface area contributed by atoms with Crippen LogP contribution in [0, 0.1) is 5.41 Å². The fraction of sp³-hybridized carbons (Fsp3) is 1.00. The summed E-state index contributed by atoms with van der Waals surface area (Å²) in [4.78, 5) is 0. The molecule has 0 aliphatic carbocycles. The Bertz CT molecular complexity index is 241. The van der Waals surface area contributed by atoms with Gasteiger partial charge in [0, 0.05) is 6.54 Å². The predicted octanol–water partition coefficient (Wildman–Crippen LogP) is 0.333. The quantitative estimate of drug-likeness (QED) is 0.701. The first kappa shape index (κ1) is 12.9. The Morgan fingerprint density at radius 1 is 1.38 bits per heavy atom. The zero-order chi connectivity index (χ0) is 10.7. The summed E-state index contributed by atoms with van der Waals surface area (Å²) in [7, 11) is -3.18. The highest BCUT2D eigenvalue weighted by Gasteiger charge is 2.17. The molecule has 80 valence electrons. The van der Waals surface area contributed by atoms with Gasteiger partial charge in [-0.05, 0) is 11.8 Å². The summed E-state index contributed by atoms with van der Waals surface area (Å²) in [5, 5.41) is 9.42. The first-order chi connectivity index (χ1) is 5.60. The van der Waals surface area contributed by atoms with Crippen molar-refractivity contribution >= 4 is 10.0 Å². The van der Waals surface area contributed by atoms with Gasteiger partial charge in [0.05, 0.1) is 12.4 Å². The topological polar surface area (TPSA) is 66.4 Å². The van der Waals surface area contributed by atoms with Crippen molar-refractivity contribution in [1.29, 1.82) is 0 Å². The third-order valence-corrected chi connectivity index (χ3v) is 2.12. The number of rotatable bonds is 4. The Kier molecular flexibility index (Phi) is 4.35. The molecule has 0 saturated carbocycles. The Morgan fingerprint density at radius 3 is 2.15 bits per heavy atom. The molecule has 0 spiro atoms. The van der Waals surface area contributed by atoms with E-state index in [4.69, 9.17) is 0 Å². The molecule has 4 nitrogen and oxygen atoms in total. The highest BCUT2D eigenvalue weighted by molar-refractivity contribution is 7.88. The van der Waals surface area contributed by atoms with E-state index in [1.807, 2.05) is 20.8 Å². The van der Waals surface area contributed by atoms with E-state index in [9.17, 15) is 13.5 Å². The molecule has 0 fully saturated rings. The summed E-state index contributed by atoms with van der Waals surface area (Å²) in [6.45, 7) is 6.08. The monoisotopic (exact) mass is 209 g/mol. The van der Waals surface area contributed by atoms with Crippen LogP contribution in [0.2, 0.25) is 0 Å². The number of aliphatic hydroxyl groups is 1. The van der Waals surface area contributed by atoms with Gasteiger partial charge in [-0.1, -0.05) is 20.8 Å². The van der Waals surface area contributed by atoms with E-state index in [-0.39, 0.29) is 12.0 Å². The number of nitrogens with one attached hydrogen (secondary N) is 1. The molecule has 2 N–H and O–H groups in total. The molecule has 0 bridgehead atoms. The molecule has 0 heterocycles. The maximum absolute atomic E-state index is 10.7. The summed E-state index contributed by atoms with van der Waals surface area (Å²) in [6, 6.07) is 0. The lowest BCUT2D eigenvalue weighted by atomic mass is 9.89. The molecule has 0 aliphatic heterocycles. The van der Waals surface area contributed by atoms with Gasteiger partial charge >= 0.3 is 0 Å². The summed E-state index contributed by atoms with van der Waals surface area (Å²) < 4.78 is 23.6. The SMILES string of the molecule is CC(C)(C)C[C@@H](O)CNS(C)(=O)=O. The molecule has 0 saturated heterocycles. The minimum absolute atomic E-state index is 0.0125. The Balaban J connectivity index is 3.84. The molecule has 1 atom stereocenters. The van der Waals surface area contributed by atoms with Crippen LogP contribution in [0.5, 0.6) is 0 Å². The predicted molar refractivity (Wildman–Crippen MR) is 52.9 cm³/mol. The zero-order valence-electron chi connectivity index (χ0n) is 8.66. The minimum atomic E-state index is -3.18. The zero-order valence-corrected chi connectivity index (χ0v) is 9.48. The van der Waals surface area contributed by atoms with Gasteiger partial charge in [-0.15, -0.1) is 0 Å². The largest absolute Gasteiger partial charge is 0.392 e. The maximum Gasteiger partial charge on any atom is 0.208 e. The second-order valence-corrected chi connectivity index (χ2v) is 6.37. The average Bonchev–Trinajstić information content (AvgIpc) is 1.78. The van der Waals surface area contributed by atoms with Crippen LogP contribution in [0.3, 0.4) is 0 Å². The molecule has 0 unspecified atom stereocenters. The van der Waals surface area contributed by atoms with E-state index >= 15 is 0 Å². The highest BCUT2D eigenvalue weighted by Crippen LogP contribution is 2.20. The molecule has 0 rings (SSSR count). The van der Waals surface area contributed by atoms with Crippen molar-refractivity contribution in [1.82, 2.24) is 4.72 Å². The normalized spacial score (nSPS) is 15.8. The van der Waals surface area contributed by atoms with Crippen LogP contribution in [0.4, 0.5) is 0 Å². The van der Waals surface area contributed by atoms with Crippen LogP contribution in [0.15, 0.2) is 0 Å². The summed E-state index contributed by atoms with van der Waals surface area (Å²) in [6.07, 6.45) is 1.04. The van der Waals surface area contributed by atoms with E-state index in [1.165, 1.54) is 0 Å². The summed E-state index contributed by atoms with van der Waals surface area (Å²) in [5.41, 5.74) is 0.0125. The molecule has 0 radical (unpaired) electrons. The minimum Gasteiger partial charge on any atom is -0.392 e. The van der Waals surface area contributed by atoms with E-state index in [2.05, 4.69) is 4.72 Å². The number of hydrogen-bond acceptors (Lipinski definition) is 3. The molecule has 0 aromatic rings. The van der Waals surface area contributed by atoms with E-state index in [0.29, 0.717) is 6.42 Å². The van der Waals surface area contributed by atoms with Crippen molar-refractivity contribution in [2.45, 2.75) is 33.3 Å². The van der Waals surface area contributed by atoms with Crippen molar-refractivity contribution < 1.29 is 13.5 Å². The molecule has 0 aliphatic rings. The first-order valence-corrected chi connectivity index (χ1v) is 6.12. The molecule has 13 heavy (non-hydrogen) atoms. The molecular weight excluding hydrogens is 190 g/mol. The average molecular weight is 209 g/mol. The Labute approximate surface area is 80.4 Å². The van der Waals surface area contributed by atoms with Gasteiger partial charge in [0.15, 0.2) is 0 Å². The van der Waals surface area contributed by atoms with Crippen molar-refractivity contribution in [2.24, 2.45) is 5.41 Å². The van der Waals surface area contributed by atoms with E-state index in [0.717, 1.165) is 6.26 Å². The molecule has 0 aromatic heterocycles. The first-order valence-electron chi connectivity index (χ1n) is 4.23. The second kappa shape index (κ2) is 4.39. The molecule has 5 heteroatoms. The summed E-state index contributed by atoms with van der Waals surface area (Å²) in [5.74, 6) is 0. The Hall–Kier alpha value is -0.130. The van der Waals surface area contributed by atoms with Crippen molar-refractivity contribution in [3.63, 3.8) is 0 Å². The van der Waals surface area contributed by atoms with Gasteiger partial charge in [-0.3, -0.25) is 0 Å². The van der Waals surface area contributed by atoms with Crippen molar-refractivity contribution in [2.75, 3.05) is 12.8 Å². The molecule has 0 aromatic carbocycles. The van der Waals surface area contributed by atoms with Gasteiger partial charge in [-0.2, -0.15) is 0 Å². The molecule has 0 amide bonds. The van der Waals surface area contributed by atoms with E-state index in [1.54, 1.807) is 0 Å². The van der Waals surface area contributed by atoms with Gasteiger partial charge < -0.3 is 5.11 Å².